The van der Waals surface area contributed by atoms with E-state index in [-0.39, 0.29) is 18.1 Å². The van der Waals surface area contributed by atoms with Crippen LogP contribution in [0.25, 0.3) is 0 Å². The molecule has 1 saturated heterocycles. The van der Waals surface area contributed by atoms with Gasteiger partial charge in [-0.15, -0.1) is 0 Å². The van der Waals surface area contributed by atoms with Crippen LogP contribution in [0.4, 0.5) is 0 Å². The second-order valence-corrected chi connectivity index (χ2v) is 8.49. The summed E-state index contributed by atoms with van der Waals surface area (Å²) in [6, 6.07) is 8.46. The monoisotopic (exact) mass is 382 g/mol. The molecule has 1 aromatic carbocycles. The molecule has 0 radical (unpaired) electrons. The number of hydrogen-bond acceptors (Lipinski definition) is 4. The minimum absolute atomic E-state index is 0.121. The number of amides is 1. The maximum atomic E-state index is 13.9. The molecule has 0 bridgehead atoms. The molecule has 1 aliphatic carbocycles. The molecule has 2 aromatic rings. The highest BCUT2D eigenvalue weighted by molar-refractivity contribution is 5.88. The molecule has 2 aliphatic rings. The number of rotatable bonds is 4. The summed E-state index contributed by atoms with van der Waals surface area (Å²) in [6.07, 6.45) is 3.55. The van der Waals surface area contributed by atoms with Crippen molar-refractivity contribution in [1.29, 1.82) is 0 Å². The molecule has 1 amide bonds. The van der Waals surface area contributed by atoms with Gasteiger partial charge in [-0.3, -0.25) is 9.69 Å². The number of hydrogen-bond donors (Lipinski definition) is 1. The Labute approximate surface area is 166 Å². The third kappa shape index (κ3) is 3.47. The van der Waals surface area contributed by atoms with Crippen molar-refractivity contribution in [2.75, 3.05) is 20.1 Å². The van der Waals surface area contributed by atoms with E-state index in [1.54, 1.807) is 6.20 Å². The van der Waals surface area contributed by atoms with E-state index < -0.39 is 5.54 Å². The Balaban J connectivity index is 1.64. The van der Waals surface area contributed by atoms with Crippen LogP contribution in [0.1, 0.15) is 36.5 Å². The van der Waals surface area contributed by atoms with E-state index in [0.29, 0.717) is 6.54 Å². The van der Waals surface area contributed by atoms with Gasteiger partial charge in [-0.2, -0.15) is 0 Å². The number of nitrogens with one attached hydrogen (secondary N) is 1. The van der Waals surface area contributed by atoms with Crippen LogP contribution in [0, 0.1) is 6.92 Å². The Morgan fingerprint density at radius 1 is 1.25 bits per heavy atom. The van der Waals surface area contributed by atoms with Gasteiger partial charge in [0, 0.05) is 44.9 Å². The second-order valence-electron chi connectivity index (χ2n) is 8.49. The largest absolute Gasteiger partial charge is 0.373 e. The van der Waals surface area contributed by atoms with E-state index in [9.17, 15) is 4.79 Å². The van der Waals surface area contributed by atoms with Gasteiger partial charge in [0.05, 0.1) is 18.8 Å². The number of carbonyl (C=O) groups excluding carboxylic acids is 1. The van der Waals surface area contributed by atoms with Crippen molar-refractivity contribution >= 4 is 5.91 Å². The molecule has 1 aliphatic heterocycles. The van der Waals surface area contributed by atoms with E-state index in [1.807, 2.05) is 18.9 Å². The Kier molecular flexibility index (Phi) is 5.02. The second kappa shape index (κ2) is 7.33. The van der Waals surface area contributed by atoms with Crippen molar-refractivity contribution in [1.82, 2.24) is 19.8 Å². The van der Waals surface area contributed by atoms with Crippen molar-refractivity contribution < 1.29 is 9.53 Å². The summed E-state index contributed by atoms with van der Waals surface area (Å²) in [5.74, 6) is 0.988. The first-order valence-corrected chi connectivity index (χ1v) is 10.1. The lowest BCUT2D eigenvalue weighted by Crippen LogP contribution is -2.64. The molecule has 6 heteroatoms. The van der Waals surface area contributed by atoms with Crippen molar-refractivity contribution in [3.63, 3.8) is 0 Å². The summed E-state index contributed by atoms with van der Waals surface area (Å²) in [6.45, 7) is 8.20. The number of imidazole rings is 1. The Morgan fingerprint density at radius 3 is 2.39 bits per heavy atom. The first-order valence-electron chi connectivity index (χ1n) is 10.1. The average molecular weight is 383 g/mol. The number of ether oxygens (including phenoxy) is 1. The Morgan fingerprint density at radius 2 is 1.86 bits per heavy atom. The fourth-order valence-electron chi connectivity index (χ4n) is 4.83. The van der Waals surface area contributed by atoms with E-state index in [4.69, 9.17) is 4.74 Å². The fourth-order valence-corrected chi connectivity index (χ4v) is 4.83. The van der Waals surface area contributed by atoms with Gasteiger partial charge in [0.2, 0.25) is 5.91 Å². The summed E-state index contributed by atoms with van der Waals surface area (Å²) in [4.78, 5) is 25.7. The Hall–Kier alpha value is -2.18. The number of H-pyrrole nitrogens is 1. The van der Waals surface area contributed by atoms with Crippen LogP contribution in [0.15, 0.2) is 30.5 Å². The number of nitrogens with zero attached hydrogens (tertiary/aromatic N) is 3. The number of benzene rings is 1. The molecule has 1 N–H and O–H groups in total. The zero-order chi connectivity index (χ0) is 19.9. The van der Waals surface area contributed by atoms with E-state index >= 15 is 0 Å². The molecule has 150 valence electrons. The van der Waals surface area contributed by atoms with Crippen LogP contribution in [0.2, 0.25) is 0 Å². The fraction of sp³-hybridized carbons (Fsp3) is 0.545. The predicted molar refractivity (Wildman–Crippen MR) is 108 cm³/mol. The minimum atomic E-state index is -0.549. The zero-order valence-electron chi connectivity index (χ0n) is 17.2. The van der Waals surface area contributed by atoms with Gasteiger partial charge in [-0.05, 0) is 31.9 Å². The van der Waals surface area contributed by atoms with Crippen LogP contribution in [-0.4, -0.2) is 63.6 Å². The average Bonchev–Trinajstić information content (AvgIpc) is 3.24. The summed E-state index contributed by atoms with van der Waals surface area (Å²) in [7, 11) is 1.89. The lowest BCUT2D eigenvalue weighted by Gasteiger charge is -2.47. The van der Waals surface area contributed by atoms with Crippen LogP contribution < -0.4 is 0 Å². The number of morpholine rings is 1. The summed E-state index contributed by atoms with van der Waals surface area (Å²) in [5.41, 5.74) is 3.02. The van der Waals surface area contributed by atoms with Gasteiger partial charge >= 0.3 is 0 Å². The van der Waals surface area contributed by atoms with Gasteiger partial charge in [0.25, 0.3) is 0 Å². The molecule has 4 rings (SSSR count). The van der Waals surface area contributed by atoms with Crippen LogP contribution in [0.5, 0.6) is 0 Å². The highest BCUT2D eigenvalue weighted by atomic mass is 16.5. The molecule has 6 nitrogen and oxygen atoms in total. The van der Waals surface area contributed by atoms with Gasteiger partial charge in [0.15, 0.2) is 0 Å². The van der Waals surface area contributed by atoms with Crippen molar-refractivity contribution in [3.8, 4) is 0 Å². The quantitative estimate of drug-likeness (QED) is 0.882. The zero-order valence-corrected chi connectivity index (χ0v) is 17.2. The maximum absolute atomic E-state index is 13.9. The standard InChI is InChI=1S/C22H30N4O2/c1-15-11-23-20(24-15)14-25(4)21(27)22(26-12-16(2)28-17(3)13-26)9-18-7-5-6-8-19(18)10-22/h5-8,11,16-17H,9-10,12-14H2,1-4H3,(H,23,24)/t16-,17+. The molecule has 0 unspecified atom stereocenters. The molecule has 1 aromatic heterocycles. The van der Waals surface area contributed by atoms with Gasteiger partial charge in [0.1, 0.15) is 11.4 Å². The molecule has 1 fully saturated rings. The topological polar surface area (TPSA) is 61.5 Å². The smallest absolute Gasteiger partial charge is 0.243 e. The molecule has 0 saturated carbocycles. The van der Waals surface area contributed by atoms with Crippen molar-refractivity contribution in [2.45, 2.75) is 57.9 Å². The number of carbonyl (C=O) groups is 1. The first-order chi connectivity index (χ1) is 13.4. The van der Waals surface area contributed by atoms with E-state index in [2.05, 4.69) is 53.0 Å². The number of fused-ring (bicyclic) bond motifs is 1. The maximum Gasteiger partial charge on any atom is 0.243 e. The van der Waals surface area contributed by atoms with E-state index in [1.165, 1.54) is 11.1 Å². The molecule has 28 heavy (non-hydrogen) atoms. The number of aryl methyl sites for hydroxylation is 1. The van der Waals surface area contributed by atoms with E-state index in [0.717, 1.165) is 37.4 Å². The number of likely N-dealkylation sites (N-methyl/N-ethyl adjacent to an activating group) is 1. The number of aromatic amines is 1. The first kappa shape index (κ1) is 19.2. The molecular weight excluding hydrogens is 352 g/mol. The highest BCUT2D eigenvalue weighted by Gasteiger charge is 2.51. The summed E-state index contributed by atoms with van der Waals surface area (Å²) >= 11 is 0. The molecule has 2 atom stereocenters. The van der Waals surface area contributed by atoms with Crippen molar-refractivity contribution in [3.05, 3.63) is 53.1 Å². The SMILES string of the molecule is Cc1cnc(CN(C)C(=O)C2(N3C[C@@H](C)O[C@@H](C)C3)Cc3ccccc3C2)[nH]1. The lowest BCUT2D eigenvalue weighted by atomic mass is 9.89. The normalized spacial score (nSPS) is 24.1. The van der Waals surface area contributed by atoms with Crippen molar-refractivity contribution in [2.24, 2.45) is 0 Å². The van der Waals surface area contributed by atoms with Gasteiger partial charge in [-0.1, -0.05) is 24.3 Å². The highest BCUT2D eigenvalue weighted by Crippen LogP contribution is 2.38. The molecule has 0 spiro atoms. The summed E-state index contributed by atoms with van der Waals surface area (Å²) < 4.78 is 5.96. The Bertz CT molecular complexity index is 827. The third-order valence-corrected chi connectivity index (χ3v) is 6.00. The van der Waals surface area contributed by atoms with Crippen LogP contribution in [-0.2, 0) is 28.9 Å². The summed E-state index contributed by atoms with van der Waals surface area (Å²) in [5, 5.41) is 0. The minimum Gasteiger partial charge on any atom is -0.373 e. The third-order valence-electron chi connectivity index (χ3n) is 6.00. The lowest BCUT2D eigenvalue weighted by molar-refractivity contribution is -0.153. The number of aromatic nitrogens is 2. The van der Waals surface area contributed by atoms with Crippen LogP contribution in [0.3, 0.4) is 0 Å². The molecule has 2 heterocycles. The molecular formula is C22H30N4O2. The van der Waals surface area contributed by atoms with Gasteiger partial charge < -0.3 is 14.6 Å². The van der Waals surface area contributed by atoms with Crippen LogP contribution >= 0.6 is 0 Å². The predicted octanol–water partition coefficient (Wildman–Crippen LogP) is 2.32. The van der Waals surface area contributed by atoms with Gasteiger partial charge in [-0.25, -0.2) is 4.98 Å².